The van der Waals surface area contributed by atoms with Crippen molar-refractivity contribution in [2.75, 3.05) is 25.5 Å². The number of rotatable bonds is 4. The summed E-state index contributed by atoms with van der Waals surface area (Å²) < 4.78 is 6.47. The van der Waals surface area contributed by atoms with E-state index in [1.165, 1.54) is 7.11 Å². The first-order chi connectivity index (χ1) is 16.0. The van der Waals surface area contributed by atoms with Crippen molar-refractivity contribution in [2.24, 2.45) is 0 Å². The minimum atomic E-state index is -0.325. The van der Waals surface area contributed by atoms with Gasteiger partial charge in [0.2, 0.25) is 0 Å². The van der Waals surface area contributed by atoms with Crippen molar-refractivity contribution >= 4 is 23.3 Å². The van der Waals surface area contributed by atoms with Gasteiger partial charge in [-0.3, -0.25) is 9.20 Å². The SMILES string of the molecule is COC(=O)N1CC(c2ccc(-c3ccc(C)c(NC(=O)c4cnc5ccccn45)c3)nn2)C1. The van der Waals surface area contributed by atoms with Gasteiger partial charge < -0.3 is 15.0 Å². The highest BCUT2D eigenvalue weighted by atomic mass is 16.5. The largest absolute Gasteiger partial charge is 0.453 e. The van der Waals surface area contributed by atoms with Gasteiger partial charge in [0.15, 0.2) is 0 Å². The number of aryl methyl sites for hydroxylation is 1. The molecule has 0 unspecified atom stereocenters. The quantitative estimate of drug-likeness (QED) is 0.519. The Morgan fingerprint density at radius 1 is 1.09 bits per heavy atom. The second kappa shape index (κ2) is 8.34. The number of anilines is 1. The summed E-state index contributed by atoms with van der Waals surface area (Å²) in [5.41, 5.74) is 5.19. The molecule has 33 heavy (non-hydrogen) atoms. The molecule has 1 fully saturated rings. The number of hydrogen-bond acceptors (Lipinski definition) is 6. The number of pyridine rings is 1. The molecular formula is C24H22N6O3. The molecule has 1 aliphatic rings. The Morgan fingerprint density at radius 2 is 1.94 bits per heavy atom. The van der Waals surface area contributed by atoms with Crippen LogP contribution in [0.2, 0.25) is 0 Å². The van der Waals surface area contributed by atoms with Crippen LogP contribution in [-0.2, 0) is 4.74 Å². The summed E-state index contributed by atoms with van der Waals surface area (Å²) >= 11 is 0. The Labute approximate surface area is 190 Å². The lowest BCUT2D eigenvalue weighted by atomic mass is 9.96. The van der Waals surface area contributed by atoms with Crippen molar-refractivity contribution in [3.05, 3.63) is 77.9 Å². The zero-order valence-electron chi connectivity index (χ0n) is 18.2. The van der Waals surface area contributed by atoms with Crippen LogP contribution in [0.15, 0.2) is 60.9 Å². The van der Waals surface area contributed by atoms with Gasteiger partial charge in [-0.2, -0.15) is 10.2 Å². The number of nitrogens with zero attached hydrogens (tertiary/aromatic N) is 5. The average molecular weight is 442 g/mol. The number of imidazole rings is 1. The van der Waals surface area contributed by atoms with Crippen LogP contribution in [0.4, 0.5) is 10.5 Å². The van der Waals surface area contributed by atoms with Crippen LogP contribution in [0.1, 0.15) is 27.7 Å². The summed E-state index contributed by atoms with van der Waals surface area (Å²) in [4.78, 5) is 30.3. The molecule has 0 aliphatic carbocycles. The summed E-state index contributed by atoms with van der Waals surface area (Å²) in [6.45, 7) is 3.09. The van der Waals surface area contributed by atoms with Crippen LogP contribution in [-0.4, -0.2) is 56.7 Å². The van der Waals surface area contributed by atoms with Crippen LogP contribution in [0.5, 0.6) is 0 Å². The number of ether oxygens (including phenoxy) is 1. The Kier molecular flexibility index (Phi) is 5.21. The number of hydrogen-bond donors (Lipinski definition) is 1. The van der Waals surface area contributed by atoms with Crippen LogP contribution in [0.3, 0.4) is 0 Å². The lowest BCUT2D eigenvalue weighted by molar-refractivity contribution is 0.0870. The van der Waals surface area contributed by atoms with Gasteiger partial charge in [-0.05, 0) is 42.8 Å². The zero-order valence-corrected chi connectivity index (χ0v) is 18.2. The van der Waals surface area contributed by atoms with E-state index in [0.29, 0.717) is 35.8 Å². The zero-order chi connectivity index (χ0) is 22.9. The van der Waals surface area contributed by atoms with Crippen molar-refractivity contribution in [2.45, 2.75) is 12.8 Å². The maximum absolute atomic E-state index is 12.9. The van der Waals surface area contributed by atoms with E-state index < -0.39 is 0 Å². The third-order valence-electron chi connectivity index (χ3n) is 5.85. The maximum atomic E-state index is 12.9. The standard InChI is InChI=1S/C24H22N6O3/c1-15-6-7-16(18-8-9-19(28-27-18)17-13-29(14-17)24(32)33-2)11-20(15)26-23(31)21-12-25-22-5-3-4-10-30(21)22/h3-12,17H,13-14H2,1-2H3,(H,26,31). The van der Waals surface area contributed by atoms with Gasteiger partial charge in [-0.15, -0.1) is 0 Å². The number of benzene rings is 1. The summed E-state index contributed by atoms with van der Waals surface area (Å²) in [5, 5.41) is 11.7. The first-order valence-electron chi connectivity index (χ1n) is 10.5. The molecule has 0 atom stereocenters. The van der Waals surface area contributed by atoms with Crippen molar-refractivity contribution in [3.63, 3.8) is 0 Å². The Bertz CT molecular complexity index is 1340. The van der Waals surface area contributed by atoms with Gasteiger partial charge in [-0.25, -0.2) is 9.78 Å². The second-order valence-electron chi connectivity index (χ2n) is 7.97. The number of carbonyl (C=O) groups is 2. The molecule has 1 saturated heterocycles. The molecule has 4 heterocycles. The average Bonchev–Trinajstić information content (AvgIpc) is 3.24. The fraction of sp³-hybridized carbons (Fsp3) is 0.208. The highest BCUT2D eigenvalue weighted by molar-refractivity contribution is 6.04. The number of likely N-dealkylation sites (tertiary alicyclic amines) is 1. The maximum Gasteiger partial charge on any atom is 0.409 e. The highest BCUT2D eigenvalue weighted by Crippen LogP contribution is 2.28. The van der Waals surface area contributed by atoms with Crippen LogP contribution in [0, 0.1) is 6.92 Å². The van der Waals surface area contributed by atoms with Gasteiger partial charge in [-0.1, -0.05) is 18.2 Å². The summed E-state index contributed by atoms with van der Waals surface area (Å²) in [6, 6.07) is 15.2. The molecular weight excluding hydrogens is 420 g/mol. The van der Waals surface area contributed by atoms with E-state index in [1.807, 2.05) is 61.7 Å². The summed E-state index contributed by atoms with van der Waals surface area (Å²) in [5.74, 6) is -0.0838. The molecule has 0 bridgehead atoms. The highest BCUT2D eigenvalue weighted by Gasteiger charge is 2.33. The Hall–Kier alpha value is -4.27. The van der Waals surface area contributed by atoms with E-state index in [9.17, 15) is 9.59 Å². The molecule has 0 radical (unpaired) electrons. The van der Waals surface area contributed by atoms with Gasteiger partial charge >= 0.3 is 6.09 Å². The molecule has 1 N–H and O–H groups in total. The first kappa shape index (κ1) is 20.6. The van der Waals surface area contributed by atoms with Gasteiger partial charge in [0, 0.05) is 36.5 Å². The third kappa shape index (κ3) is 3.89. The third-order valence-corrected chi connectivity index (χ3v) is 5.85. The predicted octanol–water partition coefficient (Wildman–Crippen LogP) is 3.52. The van der Waals surface area contributed by atoms with Crippen molar-refractivity contribution in [1.29, 1.82) is 0 Å². The normalized spacial score (nSPS) is 13.6. The van der Waals surface area contributed by atoms with E-state index in [2.05, 4.69) is 20.5 Å². The van der Waals surface area contributed by atoms with Crippen molar-refractivity contribution in [3.8, 4) is 11.3 Å². The number of carbonyl (C=O) groups excluding carboxylic acids is 2. The molecule has 9 nitrogen and oxygen atoms in total. The fourth-order valence-corrected chi connectivity index (χ4v) is 3.86. The lowest BCUT2D eigenvalue weighted by Gasteiger charge is -2.37. The molecule has 5 rings (SSSR count). The van der Waals surface area contributed by atoms with E-state index in [4.69, 9.17) is 4.74 Å². The molecule has 4 aromatic rings. The van der Waals surface area contributed by atoms with E-state index in [1.54, 1.807) is 15.5 Å². The smallest absolute Gasteiger partial charge is 0.409 e. The summed E-state index contributed by atoms with van der Waals surface area (Å²) in [7, 11) is 1.38. The molecule has 0 saturated carbocycles. The molecule has 3 aromatic heterocycles. The van der Waals surface area contributed by atoms with E-state index >= 15 is 0 Å². The van der Waals surface area contributed by atoms with Gasteiger partial charge in [0.05, 0.1) is 24.7 Å². The number of fused-ring (bicyclic) bond motifs is 1. The predicted molar refractivity (Wildman–Crippen MR) is 122 cm³/mol. The molecule has 1 aliphatic heterocycles. The molecule has 9 heteroatoms. The fourth-order valence-electron chi connectivity index (χ4n) is 3.86. The number of amides is 2. The topological polar surface area (TPSA) is 102 Å². The number of nitrogens with one attached hydrogen (secondary N) is 1. The Balaban J connectivity index is 1.32. The molecule has 0 spiro atoms. The Morgan fingerprint density at radius 3 is 2.70 bits per heavy atom. The van der Waals surface area contributed by atoms with Crippen LogP contribution < -0.4 is 5.32 Å². The second-order valence-corrected chi connectivity index (χ2v) is 7.97. The van der Waals surface area contributed by atoms with Crippen molar-refractivity contribution in [1.82, 2.24) is 24.5 Å². The molecule has 166 valence electrons. The monoisotopic (exact) mass is 442 g/mol. The minimum Gasteiger partial charge on any atom is -0.453 e. The number of aromatic nitrogens is 4. The van der Waals surface area contributed by atoms with Crippen LogP contribution >= 0.6 is 0 Å². The number of methoxy groups -OCH3 is 1. The van der Waals surface area contributed by atoms with Gasteiger partial charge in [0.25, 0.3) is 5.91 Å². The lowest BCUT2D eigenvalue weighted by Crippen LogP contribution is -2.48. The minimum absolute atomic E-state index is 0.156. The first-order valence-corrected chi connectivity index (χ1v) is 10.5. The molecule has 1 aromatic carbocycles. The van der Waals surface area contributed by atoms with E-state index in [-0.39, 0.29) is 17.9 Å². The van der Waals surface area contributed by atoms with Gasteiger partial charge in [0.1, 0.15) is 11.3 Å². The van der Waals surface area contributed by atoms with Crippen molar-refractivity contribution < 1.29 is 14.3 Å². The summed E-state index contributed by atoms with van der Waals surface area (Å²) in [6.07, 6.45) is 3.05. The van der Waals surface area contributed by atoms with Crippen LogP contribution in [0.25, 0.3) is 16.9 Å². The van der Waals surface area contributed by atoms with E-state index in [0.717, 1.165) is 16.8 Å². The molecule has 2 amide bonds.